The second kappa shape index (κ2) is 3.14. The summed E-state index contributed by atoms with van der Waals surface area (Å²) in [5.74, 6) is 0.201. The van der Waals surface area contributed by atoms with E-state index in [9.17, 15) is 5.11 Å². The topological polar surface area (TPSA) is 58.3 Å². The predicted octanol–water partition coefficient (Wildman–Crippen LogP) is 1.41. The lowest BCUT2D eigenvalue weighted by Crippen LogP contribution is -1.96. The van der Waals surface area contributed by atoms with E-state index < -0.39 is 0 Å². The third-order valence-electron chi connectivity index (χ3n) is 1.39. The Labute approximate surface area is 65.8 Å². The first kappa shape index (κ1) is 7.72. The molecule has 0 saturated heterocycles. The summed E-state index contributed by atoms with van der Waals surface area (Å²) in [4.78, 5) is 0. The highest BCUT2D eigenvalue weighted by Gasteiger charge is 1.97. The Bertz CT molecular complexity index is 248. The van der Waals surface area contributed by atoms with Crippen molar-refractivity contribution < 1.29 is 5.11 Å². The van der Waals surface area contributed by atoms with Gasteiger partial charge in [0, 0.05) is 18.3 Å². The van der Waals surface area contributed by atoms with Gasteiger partial charge >= 0.3 is 0 Å². The molecule has 0 bridgehead atoms. The summed E-state index contributed by atoms with van der Waals surface area (Å²) in [7, 11) is 0. The van der Waals surface area contributed by atoms with Crippen LogP contribution in [0.3, 0.4) is 0 Å². The summed E-state index contributed by atoms with van der Waals surface area (Å²) in [5, 5.41) is 12.3. The number of rotatable bonds is 2. The molecule has 0 aromatic heterocycles. The number of nitrogens with one attached hydrogen (secondary N) is 1. The standard InChI is InChI=1S/C8H12N2O/c1-2-10-7-4-3-6(9)5-8(7)11/h3-5,10-11H,2,9H2,1H3. The maximum absolute atomic E-state index is 9.28. The molecule has 3 nitrogen and oxygen atoms in total. The van der Waals surface area contributed by atoms with E-state index in [2.05, 4.69) is 5.32 Å². The molecule has 1 aromatic carbocycles. The Kier molecular flexibility index (Phi) is 2.21. The molecule has 0 spiro atoms. The number of phenolic OH excluding ortho intramolecular Hbond substituents is 1. The fraction of sp³-hybridized carbons (Fsp3) is 0.250. The van der Waals surface area contributed by atoms with E-state index in [0.29, 0.717) is 5.69 Å². The minimum Gasteiger partial charge on any atom is -0.506 e. The lowest BCUT2D eigenvalue weighted by atomic mass is 10.2. The van der Waals surface area contributed by atoms with Crippen LogP contribution in [0.2, 0.25) is 0 Å². The number of aromatic hydroxyl groups is 1. The van der Waals surface area contributed by atoms with Crippen LogP contribution in [0.4, 0.5) is 11.4 Å². The molecule has 0 aliphatic heterocycles. The van der Waals surface area contributed by atoms with Gasteiger partial charge in [0.25, 0.3) is 0 Å². The van der Waals surface area contributed by atoms with Crippen LogP contribution in [-0.4, -0.2) is 11.7 Å². The maximum Gasteiger partial charge on any atom is 0.140 e. The van der Waals surface area contributed by atoms with E-state index in [0.717, 1.165) is 12.2 Å². The van der Waals surface area contributed by atoms with Crippen molar-refractivity contribution in [1.29, 1.82) is 0 Å². The smallest absolute Gasteiger partial charge is 0.140 e. The molecule has 0 amide bonds. The van der Waals surface area contributed by atoms with Crippen LogP contribution < -0.4 is 11.1 Å². The molecular weight excluding hydrogens is 140 g/mol. The molecule has 1 aromatic rings. The van der Waals surface area contributed by atoms with Crippen molar-refractivity contribution in [3.05, 3.63) is 18.2 Å². The zero-order chi connectivity index (χ0) is 8.27. The van der Waals surface area contributed by atoms with Crippen molar-refractivity contribution >= 4 is 11.4 Å². The molecule has 0 fully saturated rings. The molecule has 11 heavy (non-hydrogen) atoms. The van der Waals surface area contributed by atoms with E-state index in [1.807, 2.05) is 6.92 Å². The fourth-order valence-electron chi connectivity index (χ4n) is 0.889. The highest BCUT2D eigenvalue weighted by molar-refractivity contribution is 5.61. The molecule has 0 heterocycles. The van der Waals surface area contributed by atoms with Crippen LogP contribution in [0.5, 0.6) is 5.75 Å². The average Bonchev–Trinajstić information content (AvgIpc) is 1.95. The Balaban J connectivity index is 2.90. The fourth-order valence-corrected chi connectivity index (χ4v) is 0.889. The van der Waals surface area contributed by atoms with Crippen molar-refractivity contribution in [1.82, 2.24) is 0 Å². The lowest BCUT2D eigenvalue weighted by Gasteiger charge is -2.05. The summed E-state index contributed by atoms with van der Waals surface area (Å²) < 4.78 is 0. The highest BCUT2D eigenvalue weighted by Crippen LogP contribution is 2.24. The van der Waals surface area contributed by atoms with Gasteiger partial charge in [-0.25, -0.2) is 0 Å². The van der Waals surface area contributed by atoms with Gasteiger partial charge in [0.05, 0.1) is 5.69 Å². The third kappa shape index (κ3) is 1.77. The number of benzene rings is 1. The first-order chi connectivity index (χ1) is 5.24. The van der Waals surface area contributed by atoms with Crippen molar-refractivity contribution in [3.63, 3.8) is 0 Å². The molecule has 4 N–H and O–H groups in total. The maximum atomic E-state index is 9.28. The Morgan fingerprint density at radius 2 is 2.27 bits per heavy atom. The molecule has 0 saturated carbocycles. The molecule has 3 heteroatoms. The minimum atomic E-state index is 0.201. The lowest BCUT2D eigenvalue weighted by molar-refractivity contribution is 0.477. The van der Waals surface area contributed by atoms with Gasteiger partial charge in [0.2, 0.25) is 0 Å². The van der Waals surface area contributed by atoms with Gasteiger partial charge in [-0.05, 0) is 19.1 Å². The molecule has 0 atom stereocenters. The number of anilines is 2. The van der Waals surface area contributed by atoms with Gasteiger partial charge in [0.1, 0.15) is 5.75 Å². The van der Waals surface area contributed by atoms with Gasteiger partial charge in [0.15, 0.2) is 0 Å². The van der Waals surface area contributed by atoms with E-state index in [1.54, 1.807) is 12.1 Å². The summed E-state index contributed by atoms with van der Waals surface area (Å²) in [6.07, 6.45) is 0. The second-order valence-electron chi connectivity index (χ2n) is 2.31. The van der Waals surface area contributed by atoms with Gasteiger partial charge in [-0.1, -0.05) is 0 Å². The van der Waals surface area contributed by atoms with Crippen molar-refractivity contribution in [3.8, 4) is 5.75 Å². The summed E-state index contributed by atoms with van der Waals surface area (Å²) >= 11 is 0. The minimum absolute atomic E-state index is 0.201. The first-order valence-corrected chi connectivity index (χ1v) is 3.56. The normalized spacial score (nSPS) is 9.55. The number of nitrogens with two attached hydrogens (primary N) is 1. The quantitative estimate of drug-likeness (QED) is 0.443. The van der Waals surface area contributed by atoms with Crippen molar-refractivity contribution in [2.24, 2.45) is 0 Å². The Morgan fingerprint density at radius 1 is 1.55 bits per heavy atom. The van der Waals surface area contributed by atoms with Crippen LogP contribution in [0.1, 0.15) is 6.92 Å². The van der Waals surface area contributed by atoms with Gasteiger partial charge in [-0.2, -0.15) is 0 Å². The monoisotopic (exact) mass is 152 g/mol. The number of nitrogen functional groups attached to an aromatic ring is 1. The van der Waals surface area contributed by atoms with Crippen LogP contribution in [0.25, 0.3) is 0 Å². The molecule has 0 aliphatic carbocycles. The first-order valence-electron chi connectivity index (χ1n) is 3.56. The second-order valence-corrected chi connectivity index (χ2v) is 2.31. The van der Waals surface area contributed by atoms with Crippen molar-refractivity contribution in [2.75, 3.05) is 17.6 Å². The molecule has 0 aliphatic rings. The summed E-state index contributed by atoms with van der Waals surface area (Å²) in [6.45, 7) is 2.76. The average molecular weight is 152 g/mol. The van der Waals surface area contributed by atoms with Gasteiger partial charge < -0.3 is 16.2 Å². The number of hydrogen-bond donors (Lipinski definition) is 3. The summed E-state index contributed by atoms with van der Waals surface area (Å²) in [5.41, 5.74) is 6.73. The zero-order valence-corrected chi connectivity index (χ0v) is 6.46. The number of hydrogen-bond acceptors (Lipinski definition) is 3. The largest absolute Gasteiger partial charge is 0.506 e. The van der Waals surface area contributed by atoms with E-state index in [-0.39, 0.29) is 5.75 Å². The van der Waals surface area contributed by atoms with E-state index in [4.69, 9.17) is 5.73 Å². The van der Waals surface area contributed by atoms with E-state index in [1.165, 1.54) is 6.07 Å². The predicted molar refractivity (Wildman–Crippen MR) is 46.7 cm³/mol. The summed E-state index contributed by atoms with van der Waals surface area (Å²) in [6, 6.07) is 5.03. The van der Waals surface area contributed by atoms with E-state index >= 15 is 0 Å². The SMILES string of the molecule is CCNc1ccc(N)cc1O. The van der Waals surface area contributed by atoms with Gasteiger partial charge in [-0.3, -0.25) is 0 Å². The Hall–Kier alpha value is -1.38. The number of phenols is 1. The van der Waals surface area contributed by atoms with Crippen molar-refractivity contribution in [2.45, 2.75) is 6.92 Å². The zero-order valence-electron chi connectivity index (χ0n) is 6.46. The van der Waals surface area contributed by atoms with Crippen LogP contribution in [0, 0.1) is 0 Å². The molecule has 60 valence electrons. The van der Waals surface area contributed by atoms with Crippen LogP contribution >= 0.6 is 0 Å². The Morgan fingerprint density at radius 3 is 2.82 bits per heavy atom. The molecule has 0 radical (unpaired) electrons. The van der Waals surface area contributed by atoms with Crippen LogP contribution in [-0.2, 0) is 0 Å². The third-order valence-corrected chi connectivity index (χ3v) is 1.39. The van der Waals surface area contributed by atoms with Crippen LogP contribution in [0.15, 0.2) is 18.2 Å². The van der Waals surface area contributed by atoms with Gasteiger partial charge in [-0.15, -0.1) is 0 Å². The molecule has 1 rings (SSSR count). The highest BCUT2D eigenvalue weighted by atomic mass is 16.3. The molecule has 0 unspecified atom stereocenters. The molecular formula is C8H12N2O.